The highest BCUT2D eigenvalue weighted by Gasteiger charge is 2.32. The highest BCUT2D eigenvalue weighted by molar-refractivity contribution is 5.83. The van der Waals surface area contributed by atoms with Crippen LogP contribution in [0.5, 0.6) is 0 Å². The highest BCUT2D eigenvalue weighted by Crippen LogP contribution is 2.32. The van der Waals surface area contributed by atoms with Gasteiger partial charge in [-0.05, 0) is 43.7 Å². The fraction of sp³-hybridized carbons (Fsp3) is 0.444. The minimum Gasteiger partial charge on any atom is -0.361 e. The summed E-state index contributed by atoms with van der Waals surface area (Å²) in [6.07, 6.45) is 10.9. The van der Waals surface area contributed by atoms with E-state index < -0.39 is 0 Å². The SMILES string of the molecule is CC(Cc1c[nH]c2ccccc12)N1CC2C=CC1CC2. The second-order valence-corrected chi connectivity index (χ2v) is 6.40. The van der Waals surface area contributed by atoms with Gasteiger partial charge in [-0.2, -0.15) is 0 Å². The van der Waals surface area contributed by atoms with Gasteiger partial charge in [0.05, 0.1) is 0 Å². The number of nitrogens with one attached hydrogen (secondary N) is 1. The van der Waals surface area contributed by atoms with Gasteiger partial charge in [0.15, 0.2) is 0 Å². The Bertz CT molecular complexity index is 640. The summed E-state index contributed by atoms with van der Waals surface area (Å²) in [5.74, 6) is 0.797. The molecule has 2 bridgehead atoms. The van der Waals surface area contributed by atoms with E-state index in [2.05, 4.69) is 59.4 Å². The zero-order valence-electron chi connectivity index (χ0n) is 12.0. The Morgan fingerprint density at radius 3 is 2.90 bits per heavy atom. The van der Waals surface area contributed by atoms with Crippen LogP contribution in [0.2, 0.25) is 0 Å². The minimum absolute atomic E-state index is 0.618. The number of fused-ring (bicyclic) bond motifs is 3. The summed E-state index contributed by atoms with van der Waals surface area (Å²) in [6.45, 7) is 3.64. The van der Waals surface area contributed by atoms with E-state index in [-0.39, 0.29) is 0 Å². The molecule has 5 rings (SSSR count). The van der Waals surface area contributed by atoms with Crippen molar-refractivity contribution in [2.24, 2.45) is 5.92 Å². The van der Waals surface area contributed by atoms with Crippen LogP contribution in [0, 0.1) is 5.92 Å². The molecule has 3 heterocycles. The normalized spacial score (nSPS) is 27.2. The number of rotatable bonds is 3. The van der Waals surface area contributed by atoms with Crippen LogP contribution >= 0.6 is 0 Å². The average molecular weight is 266 g/mol. The molecule has 20 heavy (non-hydrogen) atoms. The summed E-state index contributed by atoms with van der Waals surface area (Å²) < 4.78 is 0. The van der Waals surface area contributed by atoms with Crippen LogP contribution in [0.3, 0.4) is 0 Å². The van der Waals surface area contributed by atoms with Crippen molar-refractivity contribution >= 4 is 10.9 Å². The fourth-order valence-electron chi connectivity index (χ4n) is 3.94. The number of hydrogen-bond acceptors (Lipinski definition) is 1. The molecule has 1 N–H and O–H groups in total. The summed E-state index contributed by atoms with van der Waals surface area (Å²) in [5, 5.41) is 1.39. The molecular formula is C18H22N2. The van der Waals surface area contributed by atoms with E-state index in [1.54, 1.807) is 0 Å². The molecule has 3 atom stereocenters. The monoisotopic (exact) mass is 266 g/mol. The lowest BCUT2D eigenvalue weighted by atomic mass is 9.84. The maximum Gasteiger partial charge on any atom is 0.0456 e. The Kier molecular flexibility index (Phi) is 2.92. The molecular weight excluding hydrogens is 244 g/mol. The molecule has 3 aliphatic rings. The van der Waals surface area contributed by atoms with Crippen molar-refractivity contribution in [2.45, 2.75) is 38.3 Å². The molecule has 0 spiro atoms. The van der Waals surface area contributed by atoms with Crippen LogP contribution in [-0.4, -0.2) is 28.5 Å². The first kappa shape index (κ1) is 12.2. The first-order valence-electron chi connectivity index (χ1n) is 7.80. The second-order valence-electron chi connectivity index (χ2n) is 6.40. The van der Waals surface area contributed by atoms with Gasteiger partial charge >= 0.3 is 0 Å². The number of benzene rings is 1. The van der Waals surface area contributed by atoms with Crippen molar-refractivity contribution in [3.05, 3.63) is 48.2 Å². The third kappa shape index (κ3) is 1.99. The van der Waals surface area contributed by atoms with E-state index in [0.29, 0.717) is 12.1 Å². The van der Waals surface area contributed by atoms with Crippen molar-refractivity contribution in [3.63, 3.8) is 0 Å². The van der Waals surface area contributed by atoms with Gasteiger partial charge in [0.25, 0.3) is 0 Å². The van der Waals surface area contributed by atoms with Gasteiger partial charge < -0.3 is 4.98 Å². The molecule has 1 aromatic carbocycles. The van der Waals surface area contributed by atoms with E-state index >= 15 is 0 Å². The molecule has 1 aliphatic carbocycles. The van der Waals surface area contributed by atoms with Gasteiger partial charge in [0.1, 0.15) is 0 Å². The summed E-state index contributed by atoms with van der Waals surface area (Å²) >= 11 is 0. The van der Waals surface area contributed by atoms with Crippen LogP contribution in [0.15, 0.2) is 42.6 Å². The predicted octanol–water partition coefficient (Wildman–Crippen LogP) is 3.75. The molecule has 2 aromatic rings. The molecule has 1 saturated heterocycles. The summed E-state index contributed by atoms with van der Waals surface area (Å²) in [4.78, 5) is 6.10. The third-order valence-corrected chi connectivity index (χ3v) is 5.07. The molecule has 104 valence electrons. The lowest BCUT2D eigenvalue weighted by molar-refractivity contribution is 0.0954. The van der Waals surface area contributed by atoms with Crippen LogP contribution in [-0.2, 0) is 6.42 Å². The molecule has 2 nitrogen and oxygen atoms in total. The maximum atomic E-state index is 3.40. The van der Waals surface area contributed by atoms with E-state index in [9.17, 15) is 0 Å². The summed E-state index contributed by atoms with van der Waals surface area (Å²) in [6, 6.07) is 9.92. The Labute approximate surface area is 120 Å². The van der Waals surface area contributed by atoms with Crippen molar-refractivity contribution in [2.75, 3.05) is 6.54 Å². The van der Waals surface area contributed by atoms with E-state index in [4.69, 9.17) is 0 Å². The standard InChI is InChI=1S/C18H22N2/c1-13(20-12-14-6-8-16(20)9-7-14)10-15-11-19-18-5-3-2-4-17(15)18/h2-6,8,11,13-14,16,19H,7,9-10,12H2,1H3. The second kappa shape index (κ2) is 4.78. The molecule has 0 radical (unpaired) electrons. The Morgan fingerprint density at radius 1 is 1.25 bits per heavy atom. The molecule has 2 heteroatoms. The Balaban J connectivity index is 1.55. The molecule has 0 saturated carbocycles. The zero-order chi connectivity index (χ0) is 13.5. The van der Waals surface area contributed by atoms with Crippen molar-refractivity contribution in [3.8, 4) is 0 Å². The minimum atomic E-state index is 0.618. The number of H-pyrrole nitrogens is 1. The van der Waals surface area contributed by atoms with E-state index in [0.717, 1.165) is 12.3 Å². The lowest BCUT2D eigenvalue weighted by Crippen LogP contribution is -2.50. The first-order valence-corrected chi connectivity index (χ1v) is 7.80. The Morgan fingerprint density at radius 2 is 2.15 bits per heavy atom. The number of hydrogen-bond donors (Lipinski definition) is 1. The largest absolute Gasteiger partial charge is 0.361 e. The number of nitrogens with zero attached hydrogens (tertiary/aromatic N) is 1. The lowest BCUT2D eigenvalue weighted by Gasteiger charge is -2.44. The van der Waals surface area contributed by atoms with Crippen LogP contribution in [0.4, 0.5) is 0 Å². The smallest absolute Gasteiger partial charge is 0.0456 e. The van der Waals surface area contributed by atoms with E-state index in [1.807, 2.05) is 0 Å². The van der Waals surface area contributed by atoms with Gasteiger partial charge in [0.2, 0.25) is 0 Å². The molecule has 3 unspecified atom stereocenters. The fourth-order valence-corrected chi connectivity index (χ4v) is 3.94. The van der Waals surface area contributed by atoms with Crippen molar-refractivity contribution in [1.82, 2.24) is 9.88 Å². The van der Waals surface area contributed by atoms with Crippen molar-refractivity contribution < 1.29 is 0 Å². The van der Waals surface area contributed by atoms with Crippen molar-refractivity contribution in [1.29, 1.82) is 0 Å². The average Bonchev–Trinajstić information content (AvgIpc) is 2.92. The van der Waals surface area contributed by atoms with Gasteiger partial charge in [-0.25, -0.2) is 0 Å². The predicted molar refractivity (Wildman–Crippen MR) is 83.8 cm³/mol. The van der Waals surface area contributed by atoms with Crippen LogP contribution in [0.25, 0.3) is 10.9 Å². The molecule has 0 amide bonds. The van der Waals surface area contributed by atoms with E-state index in [1.165, 1.54) is 35.9 Å². The quantitative estimate of drug-likeness (QED) is 0.838. The Hall–Kier alpha value is -1.54. The first-order chi connectivity index (χ1) is 9.81. The van der Waals surface area contributed by atoms with Crippen LogP contribution < -0.4 is 0 Å². The summed E-state index contributed by atoms with van der Waals surface area (Å²) in [7, 11) is 0. The van der Waals surface area contributed by atoms with Gasteiger partial charge in [-0.3, -0.25) is 4.90 Å². The number of para-hydroxylation sites is 1. The number of aromatic amines is 1. The molecule has 2 aliphatic heterocycles. The van der Waals surface area contributed by atoms with Gasteiger partial charge in [-0.1, -0.05) is 30.4 Å². The zero-order valence-corrected chi connectivity index (χ0v) is 12.0. The highest BCUT2D eigenvalue weighted by atomic mass is 15.2. The third-order valence-electron chi connectivity index (χ3n) is 5.07. The summed E-state index contributed by atoms with van der Waals surface area (Å²) in [5.41, 5.74) is 2.72. The molecule has 1 aromatic heterocycles. The van der Waals surface area contributed by atoms with Crippen LogP contribution in [0.1, 0.15) is 25.3 Å². The maximum absolute atomic E-state index is 3.40. The molecule has 1 fully saturated rings. The van der Waals surface area contributed by atoms with Gasteiger partial charge in [-0.15, -0.1) is 0 Å². The topological polar surface area (TPSA) is 19.0 Å². The van der Waals surface area contributed by atoms with Gasteiger partial charge in [0, 0.05) is 35.7 Å². The number of aromatic nitrogens is 1. The number of piperidine rings is 1.